The van der Waals surface area contributed by atoms with Crippen molar-refractivity contribution in [2.24, 2.45) is 0 Å². The highest BCUT2D eigenvalue weighted by Crippen LogP contribution is 2.30. The van der Waals surface area contributed by atoms with Crippen molar-refractivity contribution in [3.63, 3.8) is 0 Å². The molecular weight excluding hydrogens is 504 g/mol. The van der Waals surface area contributed by atoms with Crippen LogP contribution in [0.4, 0.5) is 0 Å². The van der Waals surface area contributed by atoms with Crippen LogP contribution in [-0.4, -0.2) is 77.8 Å². The number of carbonyl (C=O) groups excluding carboxylic acids is 2. The monoisotopic (exact) mass is 540 g/mol. The number of likely N-dealkylation sites (N-methyl/N-ethyl adjacent to an activating group) is 1. The number of piperazine rings is 1. The second-order valence-electron chi connectivity index (χ2n) is 10.3. The van der Waals surface area contributed by atoms with Crippen LogP contribution in [0.1, 0.15) is 46.0 Å². The molecule has 1 aliphatic heterocycles. The molecule has 2 heterocycles. The first kappa shape index (κ1) is 27.4. The van der Waals surface area contributed by atoms with E-state index in [4.69, 9.17) is 4.74 Å². The fourth-order valence-electron chi connectivity index (χ4n) is 5.14. The van der Waals surface area contributed by atoms with Gasteiger partial charge in [-0.1, -0.05) is 43.3 Å². The molecule has 3 aromatic carbocycles. The second kappa shape index (κ2) is 11.9. The van der Waals surface area contributed by atoms with Gasteiger partial charge in [0.2, 0.25) is 0 Å². The summed E-state index contributed by atoms with van der Waals surface area (Å²) in [7, 11) is 2.06. The zero-order chi connectivity index (χ0) is 28.2. The van der Waals surface area contributed by atoms with Crippen LogP contribution in [0.25, 0.3) is 22.0 Å². The lowest BCUT2D eigenvalue weighted by atomic mass is 9.98. The van der Waals surface area contributed by atoms with Gasteiger partial charge in [-0.2, -0.15) is 0 Å². The molecule has 4 aromatic rings. The highest BCUT2D eigenvalue weighted by Gasteiger charge is 2.24. The van der Waals surface area contributed by atoms with Crippen LogP contribution in [0.5, 0.6) is 5.75 Å². The molecule has 0 aliphatic carbocycles. The summed E-state index contributed by atoms with van der Waals surface area (Å²) in [6, 6.07) is 20.8. The summed E-state index contributed by atoms with van der Waals surface area (Å²) in [6.07, 6.45) is 0.763. The number of aromatic nitrogens is 1. The molecule has 208 valence electrons. The average molecular weight is 541 g/mol. The lowest BCUT2D eigenvalue weighted by Crippen LogP contribution is -2.47. The first-order valence-electron chi connectivity index (χ1n) is 13.8. The Labute approximate surface area is 234 Å². The maximum atomic E-state index is 13.4. The highest BCUT2D eigenvalue weighted by atomic mass is 16.5. The maximum Gasteiger partial charge on any atom is 0.257 e. The molecule has 5 rings (SSSR count). The van der Waals surface area contributed by atoms with Gasteiger partial charge in [-0.05, 0) is 61.0 Å². The number of benzene rings is 3. The lowest BCUT2D eigenvalue weighted by Gasteiger charge is -2.32. The van der Waals surface area contributed by atoms with Crippen molar-refractivity contribution in [1.82, 2.24) is 20.1 Å². The Bertz CT molecular complexity index is 1490. The molecule has 2 atom stereocenters. The van der Waals surface area contributed by atoms with Crippen LogP contribution < -0.4 is 10.1 Å². The first-order chi connectivity index (χ1) is 19.4. The van der Waals surface area contributed by atoms with E-state index in [1.54, 1.807) is 12.1 Å². The van der Waals surface area contributed by atoms with Crippen molar-refractivity contribution in [2.75, 3.05) is 39.8 Å². The molecule has 1 saturated heterocycles. The fourth-order valence-corrected chi connectivity index (χ4v) is 5.14. The molecular formula is C32H36N4O4. The van der Waals surface area contributed by atoms with Crippen molar-refractivity contribution in [1.29, 1.82) is 0 Å². The van der Waals surface area contributed by atoms with E-state index in [2.05, 4.69) is 22.2 Å². The zero-order valence-electron chi connectivity index (χ0n) is 23.2. The number of ether oxygens (including phenoxy) is 1. The van der Waals surface area contributed by atoms with E-state index in [1.807, 2.05) is 79.5 Å². The maximum absolute atomic E-state index is 13.4. The summed E-state index contributed by atoms with van der Waals surface area (Å²) in [5.41, 5.74) is 4.57. The largest absolute Gasteiger partial charge is 0.493 e. The minimum absolute atomic E-state index is 0.0321. The number of hydrogen-bond donors (Lipinski definition) is 3. The predicted molar refractivity (Wildman–Crippen MR) is 157 cm³/mol. The quantitative estimate of drug-likeness (QED) is 0.287. The van der Waals surface area contributed by atoms with E-state index in [9.17, 15) is 14.7 Å². The zero-order valence-corrected chi connectivity index (χ0v) is 23.2. The Morgan fingerprint density at radius 2 is 1.70 bits per heavy atom. The van der Waals surface area contributed by atoms with Crippen molar-refractivity contribution in [3.8, 4) is 16.9 Å². The van der Waals surface area contributed by atoms with Crippen LogP contribution in [0.2, 0.25) is 0 Å². The molecule has 1 unspecified atom stereocenters. The van der Waals surface area contributed by atoms with Gasteiger partial charge < -0.3 is 29.9 Å². The van der Waals surface area contributed by atoms with E-state index >= 15 is 0 Å². The summed E-state index contributed by atoms with van der Waals surface area (Å²) in [6.45, 7) is 7.33. The fraction of sp³-hybridized carbons (Fsp3) is 0.312. The lowest BCUT2D eigenvalue weighted by molar-refractivity contribution is 0.0663. The standard InChI is InChI=1S/C32H36N4O4/c1-4-40-29-14-13-24(22-9-11-23(12-10-22)32(39)36-17-15-35(3)16-18-36)19-26(29)31(38)34-30(37)21(2)27-20-33-28-8-6-5-7-25(27)28/h5-14,19-21,30,33,37H,4,15-18H2,1-3H3,(H,34,38)/t21?,30-/m1/s1. The highest BCUT2D eigenvalue weighted by molar-refractivity contribution is 5.99. The number of nitrogens with one attached hydrogen (secondary N) is 2. The topological polar surface area (TPSA) is 97.9 Å². The number of para-hydroxylation sites is 1. The van der Waals surface area contributed by atoms with E-state index < -0.39 is 12.1 Å². The van der Waals surface area contributed by atoms with Gasteiger partial charge in [0.05, 0.1) is 12.2 Å². The number of aliphatic hydroxyl groups excluding tert-OH is 1. The molecule has 8 heteroatoms. The molecule has 2 amide bonds. The third-order valence-electron chi connectivity index (χ3n) is 7.64. The van der Waals surface area contributed by atoms with E-state index in [0.29, 0.717) is 23.5 Å². The van der Waals surface area contributed by atoms with Crippen LogP contribution >= 0.6 is 0 Å². The molecule has 3 N–H and O–H groups in total. The van der Waals surface area contributed by atoms with Crippen molar-refractivity contribution >= 4 is 22.7 Å². The average Bonchev–Trinajstić information content (AvgIpc) is 3.41. The minimum Gasteiger partial charge on any atom is -0.493 e. The van der Waals surface area contributed by atoms with Crippen molar-refractivity contribution < 1.29 is 19.4 Å². The van der Waals surface area contributed by atoms with E-state index in [1.165, 1.54) is 0 Å². The number of aliphatic hydroxyl groups is 1. The number of rotatable bonds is 8. The Kier molecular flexibility index (Phi) is 8.19. The Hall–Kier alpha value is -4.14. The molecule has 1 fully saturated rings. The van der Waals surface area contributed by atoms with Gasteiger partial charge in [-0.15, -0.1) is 0 Å². The smallest absolute Gasteiger partial charge is 0.257 e. The van der Waals surface area contributed by atoms with Gasteiger partial charge in [-0.25, -0.2) is 0 Å². The summed E-state index contributed by atoms with van der Waals surface area (Å²) < 4.78 is 5.75. The normalized spacial score (nSPS) is 15.6. The van der Waals surface area contributed by atoms with Crippen molar-refractivity contribution in [2.45, 2.75) is 26.0 Å². The molecule has 0 spiro atoms. The van der Waals surface area contributed by atoms with Crippen LogP contribution in [0.15, 0.2) is 72.9 Å². The molecule has 0 bridgehead atoms. The minimum atomic E-state index is -1.11. The summed E-state index contributed by atoms with van der Waals surface area (Å²) in [4.78, 5) is 33.7. The van der Waals surface area contributed by atoms with Crippen LogP contribution in [0.3, 0.4) is 0 Å². The van der Waals surface area contributed by atoms with Gasteiger partial charge in [0.25, 0.3) is 11.8 Å². The third-order valence-corrected chi connectivity index (χ3v) is 7.64. The van der Waals surface area contributed by atoms with Gasteiger partial charge in [0.1, 0.15) is 12.0 Å². The van der Waals surface area contributed by atoms with Crippen LogP contribution in [0, 0.1) is 0 Å². The molecule has 1 aromatic heterocycles. The number of carbonyl (C=O) groups is 2. The summed E-state index contributed by atoms with van der Waals surface area (Å²) in [5, 5.41) is 14.7. The van der Waals surface area contributed by atoms with E-state index in [0.717, 1.165) is 53.8 Å². The van der Waals surface area contributed by atoms with E-state index in [-0.39, 0.29) is 11.8 Å². The molecule has 1 aliphatic rings. The Balaban J connectivity index is 1.33. The third kappa shape index (κ3) is 5.73. The predicted octanol–water partition coefficient (Wildman–Crippen LogP) is 4.47. The van der Waals surface area contributed by atoms with Gasteiger partial charge in [0.15, 0.2) is 0 Å². The Morgan fingerprint density at radius 1 is 1.00 bits per heavy atom. The van der Waals surface area contributed by atoms with Crippen molar-refractivity contribution in [3.05, 3.63) is 89.6 Å². The molecule has 8 nitrogen and oxygen atoms in total. The summed E-state index contributed by atoms with van der Waals surface area (Å²) in [5.74, 6) is -0.294. The number of nitrogens with zero attached hydrogens (tertiary/aromatic N) is 2. The number of hydrogen-bond acceptors (Lipinski definition) is 5. The Morgan fingerprint density at radius 3 is 2.42 bits per heavy atom. The van der Waals surface area contributed by atoms with Gasteiger partial charge in [-0.3, -0.25) is 9.59 Å². The van der Waals surface area contributed by atoms with Gasteiger partial charge >= 0.3 is 0 Å². The molecule has 40 heavy (non-hydrogen) atoms. The number of aromatic amines is 1. The second-order valence-corrected chi connectivity index (χ2v) is 10.3. The summed E-state index contributed by atoms with van der Waals surface area (Å²) >= 11 is 0. The van der Waals surface area contributed by atoms with Gasteiger partial charge in [0, 0.05) is 54.8 Å². The molecule has 0 saturated carbocycles. The molecule has 0 radical (unpaired) electrons. The number of fused-ring (bicyclic) bond motifs is 1. The first-order valence-corrected chi connectivity index (χ1v) is 13.8. The number of amides is 2. The SMILES string of the molecule is CCOc1ccc(-c2ccc(C(=O)N3CCN(C)CC3)cc2)cc1C(=O)N[C@H](O)C(C)c1c[nH]c2ccccc12. The van der Waals surface area contributed by atoms with Crippen LogP contribution in [-0.2, 0) is 0 Å². The number of H-pyrrole nitrogens is 1.